The molecule has 0 amide bonds. The van der Waals surface area contributed by atoms with E-state index in [9.17, 15) is 10.1 Å². The Hall–Kier alpha value is -1.62. The fraction of sp³-hybridized carbons (Fsp3) is 0.455. The van der Waals surface area contributed by atoms with E-state index in [1.165, 1.54) is 6.07 Å². The second kappa shape index (κ2) is 5.46. The van der Waals surface area contributed by atoms with Gasteiger partial charge >= 0.3 is 0 Å². The van der Waals surface area contributed by atoms with Crippen LogP contribution in [0.2, 0.25) is 0 Å². The summed E-state index contributed by atoms with van der Waals surface area (Å²) in [5.41, 5.74) is 0.894. The van der Waals surface area contributed by atoms with Crippen LogP contribution in [-0.2, 0) is 0 Å². The number of hydrogen-bond acceptors (Lipinski definition) is 4. The van der Waals surface area contributed by atoms with Crippen molar-refractivity contribution in [3.63, 3.8) is 0 Å². The van der Waals surface area contributed by atoms with Crippen LogP contribution in [0.4, 0.5) is 11.4 Å². The van der Waals surface area contributed by atoms with Gasteiger partial charge in [-0.25, -0.2) is 0 Å². The van der Waals surface area contributed by atoms with Gasteiger partial charge in [0.05, 0.1) is 4.92 Å². The highest BCUT2D eigenvalue weighted by atomic mass is 16.6. The van der Waals surface area contributed by atoms with Crippen molar-refractivity contribution in [2.45, 2.75) is 13.0 Å². The Kier molecular flexibility index (Phi) is 4.25. The average molecular weight is 223 g/mol. The number of anilines is 1. The lowest BCUT2D eigenvalue weighted by Gasteiger charge is -2.20. The van der Waals surface area contributed by atoms with E-state index in [-0.39, 0.29) is 10.6 Å². The van der Waals surface area contributed by atoms with Gasteiger partial charge in [-0.2, -0.15) is 0 Å². The molecule has 0 radical (unpaired) electrons. The summed E-state index contributed by atoms with van der Waals surface area (Å²) in [5, 5.41) is 13.7. The molecule has 0 saturated carbocycles. The van der Waals surface area contributed by atoms with Crippen molar-refractivity contribution in [1.29, 1.82) is 0 Å². The molecular weight excluding hydrogens is 206 g/mol. The van der Waals surface area contributed by atoms with E-state index < -0.39 is 0 Å². The zero-order valence-corrected chi connectivity index (χ0v) is 9.80. The summed E-state index contributed by atoms with van der Waals surface area (Å²) in [6.45, 7) is 2.85. The molecule has 1 N–H and O–H groups in total. The zero-order chi connectivity index (χ0) is 12.1. The second-order valence-electron chi connectivity index (χ2n) is 4.00. The number of benzene rings is 1. The van der Waals surface area contributed by atoms with E-state index in [4.69, 9.17) is 0 Å². The van der Waals surface area contributed by atoms with Crippen molar-refractivity contribution in [1.82, 2.24) is 4.90 Å². The smallest absolute Gasteiger partial charge is 0.271 e. The molecule has 0 bridgehead atoms. The minimum atomic E-state index is -0.388. The topological polar surface area (TPSA) is 58.4 Å². The van der Waals surface area contributed by atoms with Crippen LogP contribution in [-0.4, -0.2) is 36.5 Å². The molecule has 0 saturated heterocycles. The lowest BCUT2D eigenvalue weighted by molar-refractivity contribution is -0.384. The lowest BCUT2D eigenvalue weighted by atomic mass is 10.2. The molecule has 5 heteroatoms. The lowest BCUT2D eigenvalue weighted by Crippen LogP contribution is -2.31. The predicted molar refractivity (Wildman–Crippen MR) is 64.7 cm³/mol. The molecule has 1 rings (SSSR count). The zero-order valence-electron chi connectivity index (χ0n) is 9.80. The SMILES string of the molecule is CC(CNc1cccc([N+](=O)[O-])c1)N(C)C. The van der Waals surface area contributed by atoms with Gasteiger partial charge in [0.2, 0.25) is 0 Å². The Morgan fingerprint density at radius 2 is 2.19 bits per heavy atom. The van der Waals surface area contributed by atoms with Crippen LogP contribution in [0, 0.1) is 10.1 Å². The summed E-state index contributed by atoms with van der Waals surface area (Å²) in [6, 6.07) is 6.92. The second-order valence-corrected chi connectivity index (χ2v) is 4.00. The maximum atomic E-state index is 10.6. The predicted octanol–water partition coefficient (Wildman–Crippen LogP) is 1.96. The third-order valence-corrected chi connectivity index (χ3v) is 2.54. The molecule has 0 heterocycles. The molecule has 0 aliphatic carbocycles. The van der Waals surface area contributed by atoms with Gasteiger partial charge in [-0.05, 0) is 27.1 Å². The molecular formula is C11H17N3O2. The summed E-state index contributed by atoms with van der Waals surface area (Å²) in [7, 11) is 4.00. The quantitative estimate of drug-likeness (QED) is 0.612. The van der Waals surface area contributed by atoms with Crippen LogP contribution in [0.25, 0.3) is 0 Å². The number of non-ortho nitro benzene ring substituents is 1. The fourth-order valence-electron chi connectivity index (χ4n) is 1.18. The van der Waals surface area contributed by atoms with Crippen molar-refractivity contribution in [3.05, 3.63) is 34.4 Å². The highest BCUT2D eigenvalue weighted by molar-refractivity contribution is 5.50. The molecule has 0 aromatic heterocycles. The molecule has 5 nitrogen and oxygen atoms in total. The van der Waals surface area contributed by atoms with Crippen molar-refractivity contribution in [2.75, 3.05) is 26.0 Å². The Labute approximate surface area is 95.2 Å². The van der Waals surface area contributed by atoms with Crippen molar-refractivity contribution in [2.24, 2.45) is 0 Å². The van der Waals surface area contributed by atoms with E-state index in [1.807, 2.05) is 20.2 Å². The molecule has 0 fully saturated rings. The van der Waals surface area contributed by atoms with Gasteiger partial charge in [0.1, 0.15) is 0 Å². The first kappa shape index (κ1) is 12.4. The first-order valence-electron chi connectivity index (χ1n) is 5.15. The third kappa shape index (κ3) is 3.51. The molecule has 88 valence electrons. The monoisotopic (exact) mass is 223 g/mol. The highest BCUT2D eigenvalue weighted by Crippen LogP contribution is 2.16. The number of hydrogen-bond donors (Lipinski definition) is 1. The standard InChI is InChI=1S/C11H17N3O2/c1-9(13(2)3)8-12-10-5-4-6-11(7-10)14(15)16/h4-7,9,12H,8H2,1-3H3. The first-order chi connectivity index (χ1) is 7.50. The van der Waals surface area contributed by atoms with Gasteiger partial charge < -0.3 is 10.2 Å². The summed E-state index contributed by atoms with van der Waals surface area (Å²) >= 11 is 0. The molecule has 16 heavy (non-hydrogen) atoms. The molecule has 1 unspecified atom stereocenters. The van der Waals surface area contributed by atoms with Crippen LogP contribution in [0.3, 0.4) is 0 Å². The van der Waals surface area contributed by atoms with Crippen LogP contribution in [0.15, 0.2) is 24.3 Å². The summed E-state index contributed by atoms with van der Waals surface area (Å²) in [5.74, 6) is 0. The maximum absolute atomic E-state index is 10.6. The molecule has 1 aromatic rings. The van der Waals surface area contributed by atoms with Gasteiger partial charge in [-0.15, -0.1) is 0 Å². The Balaban J connectivity index is 2.61. The minimum Gasteiger partial charge on any atom is -0.383 e. The van der Waals surface area contributed by atoms with E-state index >= 15 is 0 Å². The average Bonchev–Trinajstić information content (AvgIpc) is 2.26. The largest absolute Gasteiger partial charge is 0.383 e. The number of nitro benzene ring substituents is 1. The van der Waals surface area contributed by atoms with Crippen LogP contribution in [0.1, 0.15) is 6.92 Å². The van der Waals surface area contributed by atoms with Crippen molar-refractivity contribution in [3.8, 4) is 0 Å². The van der Waals surface area contributed by atoms with E-state index in [1.54, 1.807) is 12.1 Å². The van der Waals surface area contributed by atoms with Gasteiger partial charge in [0.15, 0.2) is 0 Å². The van der Waals surface area contributed by atoms with Crippen molar-refractivity contribution >= 4 is 11.4 Å². The number of nitro groups is 1. The summed E-state index contributed by atoms with van der Waals surface area (Å²) in [4.78, 5) is 12.3. The number of likely N-dealkylation sites (N-methyl/N-ethyl adjacent to an activating group) is 1. The number of nitrogens with one attached hydrogen (secondary N) is 1. The highest BCUT2D eigenvalue weighted by Gasteiger charge is 2.07. The Morgan fingerprint density at radius 3 is 2.75 bits per heavy atom. The number of rotatable bonds is 5. The van der Waals surface area contributed by atoms with E-state index in [0.717, 1.165) is 12.2 Å². The molecule has 0 aliphatic heterocycles. The van der Waals surface area contributed by atoms with Crippen LogP contribution >= 0.6 is 0 Å². The van der Waals surface area contributed by atoms with Gasteiger partial charge in [-0.3, -0.25) is 10.1 Å². The molecule has 0 aliphatic rings. The number of nitrogens with zero attached hydrogens (tertiary/aromatic N) is 2. The van der Waals surface area contributed by atoms with Crippen molar-refractivity contribution < 1.29 is 4.92 Å². The van der Waals surface area contributed by atoms with Gasteiger partial charge in [0, 0.05) is 30.4 Å². The van der Waals surface area contributed by atoms with Gasteiger partial charge in [-0.1, -0.05) is 6.07 Å². The Bertz CT molecular complexity index is 366. The molecule has 1 atom stereocenters. The maximum Gasteiger partial charge on any atom is 0.271 e. The van der Waals surface area contributed by atoms with Crippen LogP contribution < -0.4 is 5.32 Å². The summed E-state index contributed by atoms with van der Waals surface area (Å²) < 4.78 is 0. The Morgan fingerprint density at radius 1 is 1.50 bits per heavy atom. The van der Waals surface area contributed by atoms with Gasteiger partial charge in [0.25, 0.3) is 5.69 Å². The van der Waals surface area contributed by atoms with E-state index in [2.05, 4.69) is 17.1 Å². The normalized spacial score (nSPS) is 12.5. The fourth-order valence-corrected chi connectivity index (χ4v) is 1.18. The molecule has 1 aromatic carbocycles. The third-order valence-electron chi connectivity index (χ3n) is 2.54. The van der Waals surface area contributed by atoms with E-state index in [0.29, 0.717) is 6.04 Å². The first-order valence-corrected chi connectivity index (χ1v) is 5.15. The molecule has 0 spiro atoms. The minimum absolute atomic E-state index is 0.113. The summed E-state index contributed by atoms with van der Waals surface area (Å²) in [6.07, 6.45) is 0. The van der Waals surface area contributed by atoms with Crippen LogP contribution in [0.5, 0.6) is 0 Å².